The van der Waals surface area contributed by atoms with Crippen molar-refractivity contribution in [2.75, 3.05) is 11.6 Å². The average molecular weight is 351 g/mol. The Labute approximate surface area is 139 Å². The Morgan fingerprint density at radius 1 is 1.21 bits per heavy atom. The molecule has 0 saturated carbocycles. The number of carbonyl (C=O) groups is 2. The SMILES string of the molecule is CC(C)c1occc1C(=O)Nc1cc(C(=O)O)cc(S(C)(=O)=O)c1. The van der Waals surface area contributed by atoms with Crippen LogP contribution in [0.4, 0.5) is 5.69 Å². The second-order valence-electron chi connectivity index (χ2n) is 5.63. The Morgan fingerprint density at radius 3 is 2.42 bits per heavy atom. The van der Waals surface area contributed by atoms with Crippen LogP contribution in [0.15, 0.2) is 39.8 Å². The van der Waals surface area contributed by atoms with Crippen molar-refractivity contribution in [2.45, 2.75) is 24.7 Å². The molecule has 2 rings (SSSR count). The van der Waals surface area contributed by atoms with Gasteiger partial charge in [-0.25, -0.2) is 13.2 Å². The van der Waals surface area contributed by atoms with E-state index in [1.807, 2.05) is 13.8 Å². The minimum Gasteiger partial charge on any atom is -0.478 e. The minimum absolute atomic E-state index is 0.0160. The zero-order valence-corrected chi connectivity index (χ0v) is 14.2. The highest BCUT2D eigenvalue weighted by atomic mass is 32.2. The average Bonchev–Trinajstić information content (AvgIpc) is 2.95. The van der Waals surface area contributed by atoms with Gasteiger partial charge in [0.05, 0.1) is 22.3 Å². The van der Waals surface area contributed by atoms with Gasteiger partial charge in [-0.2, -0.15) is 0 Å². The van der Waals surface area contributed by atoms with Gasteiger partial charge >= 0.3 is 5.97 Å². The molecule has 2 aromatic rings. The molecule has 1 heterocycles. The molecule has 0 saturated heterocycles. The van der Waals surface area contributed by atoms with E-state index in [1.54, 1.807) is 0 Å². The van der Waals surface area contributed by atoms with Crippen LogP contribution in [0.5, 0.6) is 0 Å². The molecule has 0 aliphatic carbocycles. The summed E-state index contributed by atoms with van der Waals surface area (Å²) in [6.07, 6.45) is 2.35. The van der Waals surface area contributed by atoms with Gasteiger partial charge in [0.25, 0.3) is 5.91 Å². The number of hydrogen-bond acceptors (Lipinski definition) is 5. The lowest BCUT2D eigenvalue weighted by Gasteiger charge is -2.10. The van der Waals surface area contributed by atoms with Gasteiger partial charge in [-0.05, 0) is 24.3 Å². The molecule has 24 heavy (non-hydrogen) atoms. The van der Waals surface area contributed by atoms with E-state index < -0.39 is 21.7 Å². The third kappa shape index (κ3) is 3.83. The van der Waals surface area contributed by atoms with E-state index in [1.165, 1.54) is 24.5 Å². The van der Waals surface area contributed by atoms with E-state index in [9.17, 15) is 18.0 Å². The van der Waals surface area contributed by atoms with Crippen LogP contribution in [0, 0.1) is 0 Å². The first-order valence-electron chi connectivity index (χ1n) is 7.06. The lowest BCUT2D eigenvalue weighted by Crippen LogP contribution is -2.14. The van der Waals surface area contributed by atoms with Crippen LogP contribution in [-0.2, 0) is 9.84 Å². The molecule has 1 amide bonds. The summed E-state index contributed by atoms with van der Waals surface area (Å²) >= 11 is 0. The first-order valence-corrected chi connectivity index (χ1v) is 8.96. The number of hydrogen-bond donors (Lipinski definition) is 2. The Hall–Kier alpha value is -2.61. The summed E-state index contributed by atoms with van der Waals surface area (Å²) < 4.78 is 28.7. The third-order valence-corrected chi connectivity index (χ3v) is 4.40. The highest BCUT2D eigenvalue weighted by Crippen LogP contribution is 2.23. The maximum absolute atomic E-state index is 12.4. The molecule has 0 atom stereocenters. The summed E-state index contributed by atoms with van der Waals surface area (Å²) in [5.41, 5.74) is 0.160. The second-order valence-corrected chi connectivity index (χ2v) is 7.65. The number of carbonyl (C=O) groups excluding carboxylic acids is 1. The van der Waals surface area contributed by atoms with E-state index in [0.29, 0.717) is 11.3 Å². The summed E-state index contributed by atoms with van der Waals surface area (Å²) in [5, 5.41) is 11.6. The Balaban J connectivity index is 2.42. The van der Waals surface area contributed by atoms with Crippen LogP contribution < -0.4 is 5.32 Å². The predicted octanol–water partition coefficient (Wildman–Crippen LogP) is 2.76. The number of amides is 1. The van der Waals surface area contributed by atoms with Crippen LogP contribution in [0.3, 0.4) is 0 Å². The van der Waals surface area contributed by atoms with Crippen LogP contribution in [0.25, 0.3) is 0 Å². The molecule has 128 valence electrons. The molecule has 1 aromatic heterocycles. The second kappa shape index (κ2) is 6.48. The molecular weight excluding hydrogens is 334 g/mol. The molecule has 0 aliphatic rings. The largest absolute Gasteiger partial charge is 0.478 e. The van der Waals surface area contributed by atoms with E-state index in [-0.39, 0.29) is 22.1 Å². The van der Waals surface area contributed by atoms with Gasteiger partial charge in [0.1, 0.15) is 5.76 Å². The summed E-state index contributed by atoms with van der Waals surface area (Å²) in [5.74, 6) is -1.32. The summed E-state index contributed by atoms with van der Waals surface area (Å²) in [6.45, 7) is 3.73. The van der Waals surface area contributed by atoms with Crippen molar-refractivity contribution < 1.29 is 27.5 Å². The van der Waals surface area contributed by atoms with Crippen LogP contribution in [-0.4, -0.2) is 31.7 Å². The molecule has 8 heteroatoms. The molecule has 7 nitrogen and oxygen atoms in total. The lowest BCUT2D eigenvalue weighted by molar-refractivity contribution is 0.0696. The number of nitrogens with one attached hydrogen (secondary N) is 1. The molecule has 0 radical (unpaired) electrons. The summed E-state index contributed by atoms with van der Waals surface area (Å²) in [4.78, 5) is 23.4. The molecule has 0 bridgehead atoms. The molecule has 1 aromatic carbocycles. The van der Waals surface area contributed by atoms with Gasteiger partial charge < -0.3 is 14.8 Å². The quantitative estimate of drug-likeness (QED) is 0.856. The van der Waals surface area contributed by atoms with Crippen molar-refractivity contribution >= 4 is 27.4 Å². The number of benzene rings is 1. The fourth-order valence-electron chi connectivity index (χ4n) is 2.16. The fraction of sp³-hybridized carbons (Fsp3) is 0.250. The number of sulfone groups is 1. The van der Waals surface area contributed by atoms with Gasteiger partial charge in [-0.1, -0.05) is 13.8 Å². The number of rotatable bonds is 5. The first-order chi connectivity index (χ1) is 11.1. The van der Waals surface area contributed by atoms with E-state index >= 15 is 0 Å². The molecule has 0 fully saturated rings. The van der Waals surface area contributed by atoms with E-state index in [0.717, 1.165) is 12.3 Å². The molecule has 0 spiro atoms. The highest BCUT2D eigenvalue weighted by molar-refractivity contribution is 7.90. The maximum Gasteiger partial charge on any atom is 0.335 e. The van der Waals surface area contributed by atoms with Gasteiger partial charge in [0.2, 0.25) is 0 Å². The molecular formula is C16H17NO6S. The van der Waals surface area contributed by atoms with Crippen molar-refractivity contribution in [3.05, 3.63) is 47.4 Å². The van der Waals surface area contributed by atoms with E-state index in [2.05, 4.69) is 5.32 Å². The Morgan fingerprint density at radius 2 is 1.88 bits per heavy atom. The molecule has 0 unspecified atom stereocenters. The van der Waals surface area contributed by atoms with Gasteiger partial charge in [0, 0.05) is 17.9 Å². The summed E-state index contributed by atoms with van der Waals surface area (Å²) in [7, 11) is -3.63. The number of carboxylic acids is 1. The van der Waals surface area contributed by atoms with Gasteiger partial charge in [-0.3, -0.25) is 4.79 Å². The highest BCUT2D eigenvalue weighted by Gasteiger charge is 2.19. The minimum atomic E-state index is -3.63. The normalized spacial score (nSPS) is 11.5. The monoisotopic (exact) mass is 351 g/mol. The van der Waals surface area contributed by atoms with Crippen LogP contribution in [0.2, 0.25) is 0 Å². The smallest absolute Gasteiger partial charge is 0.335 e. The first kappa shape index (κ1) is 17.7. The number of aromatic carboxylic acids is 1. The van der Waals surface area contributed by atoms with Crippen molar-refractivity contribution in [1.82, 2.24) is 0 Å². The lowest BCUT2D eigenvalue weighted by atomic mass is 10.1. The molecule has 0 aliphatic heterocycles. The van der Waals surface area contributed by atoms with Crippen molar-refractivity contribution in [3.8, 4) is 0 Å². The van der Waals surface area contributed by atoms with Gasteiger partial charge in [0.15, 0.2) is 9.84 Å². The van der Waals surface area contributed by atoms with Crippen molar-refractivity contribution in [3.63, 3.8) is 0 Å². The zero-order valence-electron chi connectivity index (χ0n) is 13.4. The zero-order chi connectivity index (χ0) is 18.1. The summed E-state index contributed by atoms with van der Waals surface area (Å²) in [6, 6.07) is 4.97. The standard InChI is InChI=1S/C16H17NO6S/c1-9(2)14-13(4-5-23-14)15(18)17-11-6-10(16(19)20)7-12(8-11)24(3,21)22/h4-9H,1-3H3,(H,17,18)(H,19,20). The number of anilines is 1. The van der Waals surface area contributed by atoms with Gasteiger partial charge in [-0.15, -0.1) is 0 Å². The fourth-order valence-corrected chi connectivity index (χ4v) is 2.84. The van der Waals surface area contributed by atoms with Crippen molar-refractivity contribution in [2.24, 2.45) is 0 Å². The maximum atomic E-state index is 12.4. The van der Waals surface area contributed by atoms with E-state index in [4.69, 9.17) is 9.52 Å². The number of carboxylic acid groups (broad SMARTS) is 1. The van der Waals surface area contributed by atoms with Crippen LogP contribution in [0.1, 0.15) is 46.2 Å². The van der Waals surface area contributed by atoms with Crippen molar-refractivity contribution in [1.29, 1.82) is 0 Å². The third-order valence-electron chi connectivity index (χ3n) is 3.30. The Kier molecular flexibility index (Phi) is 4.79. The topological polar surface area (TPSA) is 114 Å². The number of furan rings is 1. The predicted molar refractivity (Wildman–Crippen MR) is 87.3 cm³/mol. The Bertz CT molecular complexity index is 895. The molecule has 2 N–H and O–H groups in total. The van der Waals surface area contributed by atoms with Crippen LogP contribution >= 0.6 is 0 Å².